The number of para-hydroxylation sites is 2. The van der Waals surface area contributed by atoms with Crippen LogP contribution in [-0.4, -0.2) is 44.0 Å². The molecule has 0 bridgehead atoms. The minimum atomic E-state index is -3.62. The number of sulfonamides is 1. The molecule has 1 aliphatic rings. The SMILES string of the molecule is O=S(=O)(c1ccc(Cl)c(Cl)c1)N1CCN(c2ccccc2O)CC1. The van der Waals surface area contributed by atoms with Crippen molar-refractivity contribution in [2.24, 2.45) is 0 Å². The monoisotopic (exact) mass is 386 g/mol. The average Bonchev–Trinajstić information content (AvgIpc) is 2.58. The molecule has 1 aliphatic heterocycles. The summed E-state index contributed by atoms with van der Waals surface area (Å²) in [5.74, 6) is 0.193. The largest absolute Gasteiger partial charge is 0.506 e. The zero-order valence-electron chi connectivity index (χ0n) is 12.7. The smallest absolute Gasteiger partial charge is 0.243 e. The lowest BCUT2D eigenvalue weighted by Crippen LogP contribution is -2.48. The van der Waals surface area contributed by atoms with E-state index in [2.05, 4.69) is 0 Å². The van der Waals surface area contributed by atoms with Gasteiger partial charge in [-0.25, -0.2) is 8.42 Å². The third-order valence-electron chi connectivity index (χ3n) is 3.99. The van der Waals surface area contributed by atoms with E-state index in [-0.39, 0.29) is 15.7 Å². The van der Waals surface area contributed by atoms with Crippen molar-refractivity contribution in [2.45, 2.75) is 4.90 Å². The van der Waals surface area contributed by atoms with Gasteiger partial charge in [0.15, 0.2) is 0 Å². The number of piperazine rings is 1. The maximum Gasteiger partial charge on any atom is 0.243 e. The molecule has 0 aromatic heterocycles. The van der Waals surface area contributed by atoms with E-state index in [9.17, 15) is 13.5 Å². The van der Waals surface area contributed by atoms with Gasteiger partial charge in [-0.05, 0) is 30.3 Å². The number of rotatable bonds is 3. The maximum atomic E-state index is 12.7. The third-order valence-corrected chi connectivity index (χ3v) is 6.62. The van der Waals surface area contributed by atoms with Crippen molar-refractivity contribution in [1.29, 1.82) is 0 Å². The van der Waals surface area contributed by atoms with Crippen LogP contribution in [0.5, 0.6) is 5.75 Å². The number of phenolic OH excluding ortho intramolecular Hbond substituents is 1. The Kier molecular flexibility index (Phi) is 4.92. The molecule has 2 aromatic carbocycles. The van der Waals surface area contributed by atoms with Crippen LogP contribution in [0.15, 0.2) is 47.4 Å². The van der Waals surface area contributed by atoms with E-state index in [4.69, 9.17) is 23.2 Å². The molecule has 1 saturated heterocycles. The molecule has 24 heavy (non-hydrogen) atoms. The Hall–Kier alpha value is -1.47. The molecule has 1 fully saturated rings. The van der Waals surface area contributed by atoms with Gasteiger partial charge in [0.25, 0.3) is 0 Å². The van der Waals surface area contributed by atoms with Gasteiger partial charge in [0.05, 0.1) is 20.6 Å². The Bertz CT molecular complexity index is 850. The Labute approximate surface area is 151 Å². The zero-order chi connectivity index (χ0) is 17.3. The van der Waals surface area contributed by atoms with E-state index in [1.165, 1.54) is 22.5 Å². The molecule has 2 aromatic rings. The van der Waals surface area contributed by atoms with Gasteiger partial charge in [-0.1, -0.05) is 35.3 Å². The van der Waals surface area contributed by atoms with E-state index in [1.807, 2.05) is 17.0 Å². The Morgan fingerprint density at radius 2 is 1.58 bits per heavy atom. The van der Waals surface area contributed by atoms with Crippen LogP contribution >= 0.6 is 23.2 Å². The minimum Gasteiger partial charge on any atom is -0.506 e. The highest BCUT2D eigenvalue weighted by Crippen LogP contribution is 2.30. The predicted molar refractivity (Wildman–Crippen MR) is 95.5 cm³/mol. The maximum absolute atomic E-state index is 12.7. The standard InChI is InChI=1S/C16H16Cl2N2O3S/c17-13-6-5-12(11-14(13)18)24(22,23)20-9-7-19(8-10-20)15-3-1-2-4-16(15)21/h1-6,11,21H,7-10H2. The van der Waals surface area contributed by atoms with Crippen molar-refractivity contribution in [3.05, 3.63) is 52.5 Å². The Morgan fingerprint density at radius 3 is 2.21 bits per heavy atom. The van der Waals surface area contributed by atoms with Gasteiger partial charge in [0.2, 0.25) is 10.0 Å². The summed E-state index contributed by atoms with van der Waals surface area (Å²) in [6.45, 7) is 1.66. The first kappa shape index (κ1) is 17.4. The molecule has 128 valence electrons. The second-order valence-corrected chi connectivity index (χ2v) is 8.21. The number of hydrogen-bond donors (Lipinski definition) is 1. The van der Waals surface area contributed by atoms with E-state index >= 15 is 0 Å². The second-order valence-electron chi connectivity index (χ2n) is 5.46. The van der Waals surface area contributed by atoms with Crippen LogP contribution in [0.1, 0.15) is 0 Å². The first-order valence-electron chi connectivity index (χ1n) is 7.38. The van der Waals surface area contributed by atoms with Gasteiger partial charge in [-0.3, -0.25) is 0 Å². The molecule has 1 heterocycles. The number of halogens is 2. The van der Waals surface area contributed by atoms with Crippen LogP contribution in [0, 0.1) is 0 Å². The summed E-state index contributed by atoms with van der Waals surface area (Å²) >= 11 is 11.8. The van der Waals surface area contributed by atoms with Gasteiger partial charge in [-0.15, -0.1) is 0 Å². The van der Waals surface area contributed by atoms with Crippen LogP contribution in [0.2, 0.25) is 10.0 Å². The molecule has 0 saturated carbocycles. The molecule has 0 aliphatic carbocycles. The van der Waals surface area contributed by atoms with Crippen LogP contribution in [-0.2, 0) is 10.0 Å². The summed E-state index contributed by atoms with van der Waals surface area (Å²) in [5, 5.41) is 10.5. The van der Waals surface area contributed by atoms with E-state index in [0.717, 1.165) is 0 Å². The highest BCUT2D eigenvalue weighted by Gasteiger charge is 2.29. The molecule has 0 spiro atoms. The molecule has 0 amide bonds. The van der Waals surface area contributed by atoms with Crippen molar-refractivity contribution in [3.63, 3.8) is 0 Å². The van der Waals surface area contributed by atoms with Crippen molar-refractivity contribution in [2.75, 3.05) is 31.1 Å². The van der Waals surface area contributed by atoms with Gasteiger partial charge in [0, 0.05) is 26.2 Å². The third kappa shape index (κ3) is 3.32. The van der Waals surface area contributed by atoms with Crippen LogP contribution in [0.3, 0.4) is 0 Å². The number of benzene rings is 2. The summed E-state index contributed by atoms with van der Waals surface area (Å²) in [4.78, 5) is 2.10. The number of phenols is 1. The minimum absolute atomic E-state index is 0.132. The lowest BCUT2D eigenvalue weighted by atomic mass is 10.2. The fourth-order valence-electron chi connectivity index (χ4n) is 2.69. The van der Waals surface area contributed by atoms with Gasteiger partial charge in [-0.2, -0.15) is 4.31 Å². The second kappa shape index (κ2) is 6.80. The highest BCUT2D eigenvalue weighted by molar-refractivity contribution is 7.89. The van der Waals surface area contributed by atoms with Gasteiger partial charge >= 0.3 is 0 Å². The summed E-state index contributed by atoms with van der Waals surface area (Å²) in [7, 11) is -3.62. The molecular weight excluding hydrogens is 371 g/mol. The van der Waals surface area contributed by atoms with Crippen molar-refractivity contribution >= 4 is 38.9 Å². The number of nitrogens with zero attached hydrogens (tertiary/aromatic N) is 2. The molecule has 5 nitrogen and oxygen atoms in total. The molecule has 8 heteroatoms. The van der Waals surface area contributed by atoms with Gasteiger partial charge in [0.1, 0.15) is 5.75 Å². The highest BCUT2D eigenvalue weighted by atomic mass is 35.5. The number of anilines is 1. The average molecular weight is 387 g/mol. The lowest BCUT2D eigenvalue weighted by Gasteiger charge is -2.35. The Balaban J connectivity index is 1.76. The zero-order valence-corrected chi connectivity index (χ0v) is 15.0. The molecule has 3 rings (SSSR count). The Morgan fingerprint density at radius 1 is 0.917 bits per heavy atom. The first-order valence-corrected chi connectivity index (χ1v) is 9.57. The van der Waals surface area contributed by atoms with E-state index in [1.54, 1.807) is 12.1 Å². The van der Waals surface area contributed by atoms with Crippen LogP contribution in [0.25, 0.3) is 0 Å². The van der Waals surface area contributed by atoms with Crippen molar-refractivity contribution in [3.8, 4) is 5.75 Å². The van der Waals surface area contributed by atoms with Crippen molar-refractivity contribution < 1.29 is 13.5 Å². The van der Waals surface area contributed by atoms with E-state index in [0.29, 0.717) is 36.9 Å². The molecular formula is C16H16Cl2N2O3S. The molecule has 0 radical (unpaired) electrons. The molecule has 0 atom stereocenters. The summed E-state index contributed by atoms with van der Waals surface area (Å²) in [6.07, 6.45) is 0. The summed E-state index contributed by atoms with van der Waals surface area (Å²) in [5.41, 5.74) is 0.712. The van der Waals surface area contributed by atoms with Crippen LogP contribution in [0.4, 0.5) is 5.69 Å². The lowest BCUT2D eigenvalue weighted by molar-refractivity contribution is 0.382. The summed E-state index contributed by atoms with van der Waals surface area (Å²) < 4.78 is 26.9. The fraction of sp³-hybridized carbons (Fsp3) is 0.250. The predicted octanol–water partition coefficient (Wildman–Crippen LogP) is 3.21. The quantitative estimate of drug-likeness (QED) is 0.879. The topological polar surface area (TPSA) is 60.9 Å². The van der Waals surface area contributed by atoms with Crippen LogP contribution < -0.4 is 4.90 Å². The molecule has 0 unspecified atom stereocenters. The number of hydrogen-bond acceptors (Lipinski definition) is 4. The van der Waals surface area contributed by atoms with Gasteiger partial charge < -0.3 is 10.0 Å². The van der Waals surface area contributed by atoms with E-state index < -0.39 is 10.0 Å². The molecule has 1 N–H and O–H groups in total. The number of aromatic hydroxyl groups is 1. The van der Waals surface area contributed by atoms with Crippen molar-refractivity contribution in [1.82, 2.24) is 4.31 Å². The fourth-order valence-corrected chi connectivity index (χ4v) is 4.50. The summed E-state index contributed by atoms with van der Waals surface area (Å²) in [6, 6.07) is 11.3. The first-order chi connectivity index (χ1) is 11.4. The normalized spacial score (nSPS) is 16.3.